The highest BCUT2D eigenvalue weighted by atomic mass is 31.2. The van der Waals surface area contributed by atoms with Crippen LogP contribution in [-0.2, 0) is 42.2 Å². The first-order chi connectivity index (χ1) is 37.2. The maximum absolute atomic E-state index is 12.9. The van der Waals surface area contributed by atoms with Gasteiger partial charge < -0.3 is 24.2 Å². The summed E-state index contributed by atoms with van der Waals surface area (Å²) in [6.45, 7) is 4.72. The van der Waals surface area contributed by atoms with Gasteiger partial charge in [0.05, 0.1) is 19.8 Å². The molecule has 450 valence electrons. The molecule has 0 spiro atoms. The number of esters is 3. The van der Waals surface area contributed by atoms with E-state index < -0.39 is 57.8 Å². The summed E-state index contributed by atoms with van der Waals surface area (Å²) >= 11 is 0. The molecule has 0 fully saturated rings. The fourth-order valence-electron chi connectivity index (χ4n) is 9.71. The molecule has 0 aromatic heterocycles. The van der Waals surface area contributed by atoms with Crippen molar-refractivity contribution < 1.29 is 52.2 Å². The fourth-order valence-corrected chi connectivity index (χ4v) is 10.5. The second-order valence-corrected chi connectivity index (χ2v) is 23.8. The van der Waals surface area contributed by atoms with Gasteiger partial charge in [0.25, 0.3) is 0 Å². The van der Waals surface area contributed by atoms with Crippen LogP contribution >= 0.6 is 7.82 Å². The van der Waals surface area contributed by atoms with Crippen LogP contribution in [0.15, 0.2) is 12.2 Å². The van der Waals surface area contributed by atoms with E-state index in [0.29, 0.717) is 19.3 Å². The Labute approximate surface area is 468 Å². The Morgan fingerprint density at radius 2 is 0.605 bits per heavy atom. The number of phosphoric acid groups is 1. The van der Waals surface area contributed by atoms with Gasteiger partial charge in [-0.2, -0.15) is 0 Å². The lowest BCUT2D eigenvalue weighted by Gasteiger charge is -2.21. The molecule has 0 aliphatic rings. The summed E-state index contributed by atoms with van der Waals surface area (Å²) in [5, 5.41) is 9.83. The van der Waals surface area contributed by atoms with Crippen LogP contribution in [0.3, 0.4) is 0 Å². The van der Waals surface area contributed by atoms with E-state index in [0.717, 1.165) is 64.2 Å². The predicted octanol–water partition coefficient (Wildman–Crippen LogP) is 19.6. The summed E-state index contributed by atoms with van der Waals surface area (Å²) in [4.78, 5) is 48.7. The fraction of sp³-hybridized carbons (Fsp3) is 0.922. The largest absolute Gasteiger partial charge is 0.472 e. The van der Waals surface area contributed by atoms with E-state index in [1.165, 1.54) is 218 Å². The van der Waals surface area contributed by atoms with E-state index in [1.54, 1.807) is 0 Å². The Kier molecular flexibility index (Phi) is 58.0. The second-order valence-electron chi connectivity index (χ2n) is 22.3. The summed E-state index contributed by atoms with van der Waals surface area (Å²) in [6.07, 6.45) is 60.2. The number of carbonyl (C=O) groups excluding carboxylic acids is 3. The van der Waals surface area contributed by atoms with Crippen LogP contribution in [0.25, 0.3) is 0 Å². The maximum atomic E-state index is 12.9. The first kappa shape index (κ1) is 74.2. The third-order valence-corrected chi connectivity index (χ3v) is 15.6. The van der Waals surface area contributed by atoms with Crippen LogP contribution in [0.2, 0.25) is 0 Å². The van der Waals surface area contributed by atoms with Crippen LogP contribution in [0, 0.1) is 0 Å². The van der Waals surface area contributed by atoms with Gasteiger partial charge >= 0.3 is 25.7 Å². The van der Waals surface area contributed by atoms with Gasteiger partial charge in [-0.05, 0) is 44.9 Å². The van der Waals surface area contributed by atoms with Gasteiger partial charge in [0.15, 0.2) is 6.10 Å². The van der Waals surface area contributed by atoms with Gasteiger partial charge in [-0.3, -0.25) is 23.4 Å². The lowest BCUT2D eigenvalue weighted by atomic mass is 10.0. The molecule has 0 aromatic rings. The van der Waals surface area contributed by atoms with Crippen molar-refractivity contribution >= 4 is 25.7 Å². The molecule has 2 N–H and O–H groups in total. The molecular weight excluding hydrogens is 976 g/mol. The third-order valence-electron chi connectivity index (χ3n) is 14.7. The van der Waals surface area contributed by atoms with Crippen LogP contribution in [0.5, 0.6) is 0 Å². The Balaban J connectivity index is 4.64. The summed E-state index contributed by atoms with van der Waals surface area (Å²) in [6, 6.07) is 0. The number of phosphoric ester groups is 1. The first-order valence-electron chi connectivity index (χ1n) is 32.6. The standard InChI is InChI=1S/C64H123O11P/c1-4-7-10-13-16-19-22-25-27-29-30-32-33-36-38-41-44-47-50-53-62(66)71-57-61(75-64(68)55-52-49-46-43-40-37-34-31-28-26-23-20-17-14-11-8-5-2)59-73-76(69,70)72-58-60(56-65)74-63(67)54-51-48-45-42-39-35-24-21-18-15-12-9-6-3/h26,28,60-61,65H,4-25,27,29-59H2,1-3H3,(H,69,70)/b28-26-. The molecule has 0 radical (unpaired) electrons. The number of ether oxygens (including phenoxy) is 3. The minimum atomic E-state index is -4.74. The number of unbranched alkanes of at least 4 members (excludes halogenated alkanes) is 43. The van der Waals surface area contributed by atoms with Gasteiger partial charge in [0.1, 0.15) is 12.7 Å². The minimum absolute atomic E-state index is 0.170. The highest BCUT2D eigenvalue weighted by Crippen LogP contribution is 2.43. The molecule has 0 aliphatic heterocycles. The first-order valence-corrected chi connectivity index (χ1v) is 34.1. The number of hydrogen-bond acceptors (Lipinski definition) is 10. The van der Waals surface area contributed by atoms with E-state index in [1.807, 2.05) is 0 Å². The number of rotatable bonds is 62. The number of carbonyl (C=O) groups is 3. The number of hydrogen-bond donors (Lipinski definition) is 2. The van der Waals surface area contributed by atoms with Gasteiger partial charge in [-0.25, -0.2) is 4.57 Å². The zero-order valence-corrected chi connectivity index (χ0v) is 50.9. The zero-order valence-electron chi connectivity index (χ0n) is 50.0. The molecule has 76 heavy (non-hydrogen) atoms. The summed E-state index contributed by atoms with van der Waals surface area (Å²) < 4.78 is 39.7. The molecule has 0 rings (SSSR count). The molecule has 12 heteroatoms. The lowest BCUT2D eigenvalue weighted by Crippen LogP contribution is -2.30. The van der Waals surface area contributed by atoms with Crippen LogP contribution in [-0.4, -0.2) is 66.5 Å². The average Bonchev–Trinajstić information content (AvgIpc) is 3.41. The van der Waals surface area contributed by atoms with Crippen LogP contribution in [0.1, 0.15) is 342 Å². The molecule has 0 amide bonds. The Hall–Kier alpha value is -1.78. The van der Waals surface area contributed by atoms with Crippen molar-refractivity contribution in [3.8, 4) is 0 Å². The van der Waals surface area contributed by atoms with Gasteiger partial charge in [0, 0.05) is 19.3 Å². The normalized spacial score (nSPS) is 13.3. The van der Waals surface area contributed by atoms with Crippen LogP contribution < -0.4 is 0 Å². The Morgan fingerprint density at radius 1 is 0.355 bits per heavy atom. The Bertz CT molecular complexity index is 1330. The van der Waals surface area contributed by atoms with Crippen molar-refractivity contribution in [3.05, 3.63) is 12.2 Å². The SMILES string of the molecule is CCCCCCCC/C=C\CCCCCCCCCC(=O)OC(COC(=O)CCCCCCCCCCCCCCCCCCCCC)COP(=O)(O)OCC(CO)OC(=O)CCCCCCCCCCCCCCC. The van der Waals surface area contributed by atoms with Crippen molar-refractivity contribution in [2.45, 2.75) is 354 Å². The number of allylic oxidation sites excluding steroid dienone is 2. The van der Waals surface area contributed by atoms with Crippen LogP contribution in [0.4, 0.5) is 0 Å². The van der Waals surface area contributed by atoms with E-state index >= 15 is 0 Å². The zero-order chi connectivity index (χ0) is 55.5. The maximum Gasteiger partial charge on any atom is 0.472 e. The van der Waals surface area contributed by atoms with Crippen molar-refractivity contribution in [3.63, 3.8) is 0 Å². The van der Waals surface area contributed by atoms with E-state index in [2.05, 4.69) is 32.9 Å². The van der Waals surface area contributed by atoms with Gasteiger partial charge in [0.2, 0.25) is 0 Å². The third kappa shape index (κ3) is 56.9. The van der Waals surface area contributed by atoms with Gasteiger partial charge in [-0.1, -0.05) is 290 Å². The molecule has 0 aromatic carbocycles. The number of aliphatic hydroxyl groups is 1. The lowest BCUT2D eigenvalue weighted by molar-refractivity contribution is -0.161. The summed E-state index contributed by atoms with van der Waals surface area (Å²) in [5.74, 6) is -1.43. The summed E-state index contributed by atoms with van der Waals surface area (Å²) in [7, 11) is -4.74. The van der Waals surface area contributed by atoms with Crippen molar-refractivity contribution in [1.29, 1.82) is 0 Å². The van der Waals surface area contributed by atoms with Crippen molar-refractivity contribution in [2.24, 2.45) is 0 Å². The topological polar surface area (TPSA) is 155 Å². The van der Waals surface area contributed by atoms with Gasteiger partial charge in [-0.15, -0.1) is 0 Å². The van der Waals surface area contributed by atoms with E-state index in [-0.39, 0.29) is 25.9 Å². The second kappa shape index (κ2) is 59.3. The number of aliphatic hydroxyl groups excluding tert-OH is 1. The minimum Gasteiger partial charge on any atom is -0.462 e. The van der Waals surface area contributed by atoms with E-state index in [4.69, 9.17) is 23.3 Å². The highest BCUT2D eigenvalue weighted by Gasteiger charge is 2.28. The molecule has 0 saturated carbocycles. The predicted molar refractivity (Wildman–Crippen MR) is 317 cm³/mol. The van der Waals surface area contributed by atoms with Crippen molar-refractivity contribution in [2.75, 3.05) is 26.4 Å². The van der Waals surface area contributed by atoms with E-state index in [9.17, 15) is 28.9 Å². The summed E-state index contributed by atoms with van der Waals surface area (Å²) in [5.41, 5.74) is 0. The monoisotopic (exact) mass is 1100 g/mol. The molecule has 3 unspecified atom stereocenters. The molecule has 0 heterocycles. The molecule has 0 aliphatic carbocycles. The quantitative estimate of drug-likeness (QED) is 0.0197. The molecular formula is C64H123O11P. The molecule has 3 atom stereocenters. The van der Waals surface area contributed by atoms with Crippen molar-refractivity contribution in [1.82, 2.24) is 0 Å². The average molecular weight is 1100 g/mol. The highest BCUT2D eigenvalue weighted by molar-refractivity contribution is 7.47. The Morgan fingerprint density at radius 3 is 0.908 bits per heavy atom. The molecule has 11 nitrogen and oxygen atoms in total. The molecule has 0 bridgehead atoms. The molecule has 0 saturated heterocycles. The smallest absolute Gasteiger partial charge is 0.462 e.